The summed E-state index contributed by atoms with van der Waals surface area (Å²) in [5, 5.41) is 2.52. The van der Waals surface area contributed by atoms with E-state index < -0.39 is 0 Å². The fourth-order valence-electron chi connectivity index (χ4n) is 5.16. The highest BCUT2D eigenvalue weighted by Crippen LogP contribution is 2.47. The predicted octanol–water partition coefficient (Wildman–Crippen LogP) is 9.20. The van der Waals surface area contributed by atoms with E-state index in [0.717, 1.165) is 8.95 Å². The fraction of sp³-hybridized carbons (Fsp3) is 0.0667. The molecule has 2 nitrogen and oxygen atoms in total. The van der Waals surface area contributed by atoms with Crippen LogP contribution in [0, 0.1) is 0 Å². The molecule has 166 valence electrons. The van der Waals surface area contributed by atoms with Gasteiger partial charge in [0.15, 0.2) is 0 Å². The largest absolute Gasteiger partial charge is 0.342 e. The Morgan fingerprint density at radius 2 is 0.824 bits per heavy atom. The molecule has 0 fully saturated rings. The molecule has 0 unspecified atom stereocenters. The zero-order valence-electron chi connectivity index (χ0n) is 18.9. The van der Waals surface area contributed by atoms with Crippen LogP contribution in [-0.2, 0) is 14.1 Å². The van der Waals surface area contributed by atoms with Gasteiger partial charge in [-0.2, -0.15) is 0 Å². The van der Waals surface area contributed by atoms with Gasteiger partial charge < -0.3 is 9.13 Å². The van der Waals surface area contributed by atoms with E-state index in [9.17, 15) is 0 Å². The highest BCUT2D eigenvalue weighted by Gasteiger charge is 2.25. The second-order valence-electron chi connectivity index (χ2n) is 8.61. The third-order valence-corrected chi connectivity index (χ3v) is 7.76. The zero-order valence-corrected chi connectivity index (χ0v) is 22.1. The van der Waals surface area contributed by atoms with Crippen molar-refractivity contribution in [2.24, 2.45) is 14.1 Å². The third-order valence-electron chi connectivity index (χ3n) is 6.70. The van der Waals surface area contributed by atoms with Gasteiger partial charge in [-0.15, -0.1) is 0 Å². The van der Waals surface area contributed by atoms with Gasteiger partial charge in [0.05, 0.1) is 11.4 Å². The van der Waals surface area contributed by atoms with Gasteiger partial charge in [-0.25, -0.2) is 0 Å². The van der Waals surface area contributed by atoms with Crippen LogP contribution in [0.1, 0.15) is 0 Å². The smallest absolute Gasteiger partial charge is 0.0742 e. The minimum Gasteiger partial charge on any atom is -0.342 e. The molecule has 4 aromatic carbocycles. The lowest BCUT2D eigenvalue weighted by Gasteiger charge is -2.14. The Labute approximate surface area is 215 Å². The minimum absolute atomic E-state index is 1.08. The zero-order chi connectivity index (χ0) is 23.4. The average molecular weight is 570 g/mol. The molecule has 0 atom stereocenters. The molecular formula is C30H22Br2N2. The lowest BCUT2D eigenvalue weighted by atomic mass is 9.96. The Balaban J connectivity index is 1.79. The first-order valence-corrected chi connectivity index (χ1v) is 12.8. The number of benzene rings is 4. The third kappa shape index (κ3) is 3.28. The molecule has 4 heteroatoms. The Bertz CT molecular complexity index is 1540. The van der Waals surface area contributed by atoms with Crippen molar-refractivity contribution in [1.29, 1.82) is 0 Å². The van der Waals surface area contributed by atoms with Crippen LogP contribution in [0.15, 0.2) is 106 Å². The molecule has 34 heavy (non-hydrogen) atoms. The fourth-order valence-corrected chi connectivity index (χ4v) is 5.69. The molecular weight excluding hydrogens is 548 g/mol. The summed E-state index contributed by atoms with van der Waals surface area (Å²) < 4.78 is 6.86. The van der Waals surface area contributed by atoms with E-state index in [1.54, 1.807) is 0 Å². The second-order valence-corrected chi connectivity index (χ2v) is 10.4. The lowest BCUT2D eigenvalue weighted by molar-refractivity contribution is 0.925. The molecule has 0 saturated heterocycles. The number of aryl methyl sites for hydroxylation is 2. The second kappa shape index (κ2) is 8.30. The first-order valence-electron chi connectivity index (χ1n) is 11.2. The summed E-state index contributed by atoms with van der Waals surface area (Å²) in [6.45, 7) is 0. The summed E-state index contributed by atoms with van der Waals surface area (Å²) >= 11 is 7.21. The van der Waals surface area contributed by atoms with Gasteiger partial charge in [0, 0.05) is 56.0 Å². The SMILES string of the molecule is Cn1c(-c2c(-c3ccc(Br)cc3)c3ccccc3n2C)c(-c2ccc(Br)cc2)c2ccccc21. The Morgan fingerprint density at radius 1 is 0.471 bits per heavy atom. The standard InChI is InChI=1S/C30H22Br2N2/c1-33-25-9-5-3-7-23(25)27(19-11-15-21(31)16-12-19)29(33)30-28(20-13-17-22(32)18-14-20)24-8-4-6-10-26(24)34(30)2/h3-18H,1-2H3. The van der Waals surface area contributed by atoms with Gasteiger partial charge >= 0.3 is 0 Å². The van der Waals surface area contributed by atoms with Gasteiger partial charge in [-0.05, 0) is 47.5 Å². The molecule has 6 rings (SSSR count). The summed E-state index contributed by atoms with van der Waals surface area (Å²) in [7, 11) is 4.37. The molecule has 6 aromatic rings. The molecule has 0 radical (unpaired) electrons. The van der Waals surface area contributed by atoms with Crippen molar-refractivity contribution in [3.05, 3.63) is 106 Å². The van der Waals surface area contributed by atoms with Crippen LogP contribution in [0.4, 0.5) is 0 Å². The lowest BCUT2D eigenvalue weighted by Crippen LogP contribution is -2.00. The summed E-state index contributed by atoms with van der Waals surface area (Å²) in [5.74, 6) is 0. The van der Waals surface area contributed by atoms with Gasteiger partial charge in [0.25, 0.3) is 0 Å². The summed E-state index contributed by atoms with van der Waals surface area (Å²) in [6, 6.07) is 34.7. The summed E-state index contributed by atoms with van der Waals surface area (Å²) in [5.41, 5.74) is 9.83. The number of rotatable bonds is 3. The van der Waals surface area contributed by atoms with Crippen LogP contribution in [0.25, 0.3) is 55.4 Å². The van der Waals surface area contributed by atoms with Crippen LogP contribution in [0.3, 0.4) is 0 Å². The van der Waals surface area contributed by atoms with E-state index in [4.69, 9.17) is 0 Å². The molecule has 0 aliphatic heterocycles. The molecule has 0 bridgehead atoms. The van der Waals surface area contributed by atoms with Gasteiger partial charge in [-0.3, -0.25) is 0 Å². The maximum absolute atomic E-state index is 3.61. The maximum Gasteiger partial charge on any atom is 0.0742 e. The number of fused-ring (bicyclic) bond motifs is 2. The topological polar surface area (TPSA) is 9.86 Å². The first kappa shape index (κ1) is 21.5. The van der Waals surface area contributed by atoms with Crippen molar-refractivity contribution in [3.8, 4) is 33.6 Å². The molecule has 2 aromatic heterocycles. The summed E-state index contributed by atoms with van der Waals surface area (Å²) in [6.07, 6.45) is 0. The van der Waals surface area contributed by atoms with E-state index in [2.05, 4.69) is 152 Å². The van der Waals surface area contributed by atoms with Crippen molar-refractivity contribution >= 4 is 53.7 Å². The normalized spacial score (nSPS) is 11.5. The van der Waals surface area contributed by atoms with E-state index in [-0.39, 0.29) is 0 Å². The Kier molecular flexibility index (Phi) is 5.23. The molecule has 0 spiro atoms. The molecule has 0 N–H and O–H groups in total. The first-order chi connectivity index (χ1) is 16.5. The van der Waals surface area contributed by atoms with Crippen molar-refractivity contribution in [2.75, 3.05) is 0 Å². The maximum atomic E-state index is 3.61. The van der Waals surface area contributed by atoms with Crippen LogP contribution in [0.2, 0.25) is 0 Å². The number of hydrogen-bond acceptors (Lipinski definition) is 0. The van der Waals surface area contributed by atoms with Gasteiger partial charge in [-0.1, -0.05) is 92.5 Å². The van der Waals surface area contributed by atoms with Crippen LogP contribution >= 0.6 is 31.9 Å². The van der Waals surface area contributed by atoms with Gasteiger partial charge in [0.2, 0.25) is 0 Å². The molecule has 0 aliphatic rings. The van der Waals surface area contributed by atoms with Crippen LogP contribution < -0.4 is 0 Å². The number of aromatic nitrogens is 2. The van der Waals surface area contributed by atoms with Crippen molar-refractivity contribution in [1.82, 2.24) is 9.13 Å². The van der Waals surface area contributed by atoms with Crippen molar-refractivity contribution in [3.63, 3.8) is 0 Å². The van der Waals surface area contributed by atoms with E-state index >= 15 is 0 Å². The quantitative estimate of drug-likeness (QED) is 0.201. The minimum atomic E-state index is 1.08. The van der Waals surface area contributed by atoms with Crippen LogP contribution in [-0.4, -0.2) is 9.13 Å². The number of nitrogens with zero attached hydrogens (tertiary/aromatic N) is 2. The van der Waals surface area contributed by atoms with Crippen LogP contribution in [0.5, 0.6) is 0 Å². The molecule has 2 heterocycles. The number of para-hydroxylation sites is 2. The van der Waals surface area contributed by atoms with E-state index in [0.29, 0.717) is 0 Å². The highest BCUT2D eigenvalue weighted by molar-refractivity contribution is 9.10. The molecule has 0 saturated carbocycles. The molecule has 0 amide bonds. The van der Waals surface area contributed by atoms with Gasteiger partial charge in [0.1, 0.15) is 0 Å². The molecule has 0 aliphatic carbocycles. The monoisotopic (exact) mass is 568 g/mol. The van der Waals surface area contributed by atoms with E-state index in [1.807, 2.05) is 0 Å². The van der Waals surface area contributed by atoms with Crippen molar-refractivity contribution < 1.29 is 0 Å². The highest BCUT2D eigenvalue weighted by atomic mass is 79.9. The Morgan fingerprint density at radius 3 is 1.21 bits per heavy atom. The van der Waals surface area contributed by atoms with E-state index in [1.165, 1.54) is 55.4 Å². The number of halogens is 2. The average Bonchev–Trinajstić information content (AvgIpc) is 3.31. The Hall–Kier alpha value is -3.08. The summed E-state index contributed by atoms with van der Waals surface area (Å²) in [4.78, 5) is 0. The predicted molar refractivity (Wildman–Crippen MR) is 151 cm³/mol. The van der Waals surface area contributed by atoms with Crippen molar-refractivity contribution in [2.45, 2.75) is 0 Å². The number of hydrogen-bond donors (Lipinski definition) is 0.